The molecule has 1 aromatic rings. The van der Waals surface area contributed by atoms with E-state index in [0.717, 1.165) is 0 Å². The summed E-state index contributed by atoms with van der Waals surface area (Å²) in [5, 5.41) is 13.4. The quantitative estimate of drug-likeness (QED) is 0.805. The fourth-order valence-electron chi connectivity index (χ4n) is 2.43. The van der Waals surface area contributed by atoms with E-state index >= 15 is 0 Å². The lowest BCUT2D eigenvalue weighted by molar-refractivity contribution is -0.130. The average Bonchev–Trinajstić information content (AvgIpc) is 2.49. The maximum atomic E-state index is 12.2. The fourth-order valence-corrected chi connectivity index (χ4v) is 2.60. The van der Waals surface area contributed by atoms with E-state index in [1.807, 2.05) is 4.90 Å². The van der Waals surface area contributed by atoms with Crippen LogP contribution < -0.4 is 5.32 Å². The van der Waals surface area contributed by atoms with Gasteiger partial charge in [0.1, 0.15) is 0 Å². The number of amides is 2. The fraction of sp³-hybridized carbons (Fsp3) is 0.533. The standard InChI is InChI=1S/C15H21ClN4O3/c1-19(2)14(22)9-20-4-3-12(13(21)8-20)18-15(23)10-5-11(16)7-17-6-10/h5-7,12-13,21H,3-4,8-9H2,1-2H3,(H,18,23)/t12-,13-/m1/s1. The van der Waals surface area contributed by atoms with Gasteiger partial charge in [-0.25, -0.2) is 0 Å². The van der Waals surface area contributed by atoms with Gasteiger partial charge in [-0.15, -0.1) is 0 Å². The van der Waals surface area contributed by atoms with Crippen molar-refractivity contribution in [1.82, 2.24) is 20.1 Å². The summed E-state index contributed by atoms with van der Waals surface area (Å²) in [6, 6.07) is 1.17. The number of aliphatic hydroxyl groups excluding tert-OH is 1. The van der Waals surface area contributed by atoms with Gasteiger partial charge in [-0.2, -0.15) is 0 Å². The molecule has 0 unspecified atom stereocenters. The molecule has 0 bridgehead atoms. The number of halogens is 1. The van der Waals surface area contributed by atoms with Crippen molar-refractivity contribution in [3.8, 4) is 0 Å². The largest absolute Gasteiger partial charge is 0.390 e. The minimum atomic E-state index is -0.727. The molecule has 8 heteroatoms. The first-order chi connectivity index (χ1) is 10.9. The molecule has 0 radical (unpaired) electrons. The van der Waals surface area contributed by atoms with Crippen LogP contribution in [0.3, 0.4) is 0 Å². The number of aromatic nitrogens is 1. The number of hydrogen-bond acceptors (Lipinski definition) is 5. The first kappa shape index (κ1) is 17.7. The van der Waals surface area contributed by atoms with Crippen molar-refractivity contribution in [3.05, 3.63) is 29.0 Å². The summed E-state index contributed by atoms with van der Waals surface area (Å²) < 4.78 is 0. The predicted molar refractivity (Wildman–Crippen MR) is 86.3 cm³/mol. The zero-order valence-electron chi connectivity index (χ0n) is 13.2. The molecule has 0 aliphatic carbocycles. The Morgan fingerprint density at radius 2 is 2.22 bits per heavy atom. The molecule has 7 nitrogen and oxygen atoms in total. The van der Waals surface area contributed by atoms with Crippen LogP contribution in [0, 0.1) is 0 Å². The molecule has 2 N–H and O–H groups in total. The number of aliphatic hydroxyl groups is 1. The van der Waals surface area contributed by atoms with Gasteiger partial charge >= 0.3 is 0 Å². The van der Waals surface area contributed by atoms with Gasteiger partial charge in [0.15, 0.2) is 0 Å². The molecular weight excluding hydrogens is 320 g/mol. The van der Waals surface area contributed by atoms with Gasteiger partial charge in [0.25, 0.3) is 5.91 Å². The molecule has 2 amide bonds. The Bertz CT molecular complexity index is 582. The summed E-state index contributed by atoms with van der Waals surface area (Å²) in [7, 11) is 3.40. The SMILES string of the molecule is CN(C)C(=O)CN1CC[C@@H](NC(=O)c2cncc(Cl)c2)[C@H](O)C1. The van der Waals surface area contributed by atoms with Crippen molar-refractivity contribution < 1.29 is 14.7 Å². The Balaban J connectivity index is 1.89. The number of nitrogens with zero attached hydrogens (tertiary/aromatic N) is 3. The molecule has 0 aromatic carbocycles. The first-order valence-corrected chi connectivity index (χ1v) is 7.76. The summed E-state index contributed by atoms with van der Waals surface area (Å²) in [6.07, 6.45) is 2.72. The molecule has 126 valence electrons. The van der Waals surface area contributed by atoms with E-state index in [1.54, 1.807) is 14.1 Å². The van der Waals surface area contributed by atoms with Crippen molar-refractivity contribution in [3.63, 3.8) is 0 Å². The summed E-state index contributed by atoms with van der Waals surface area (Å²) in [5.41, 5.74) is 0.356. The summed E-state index contributed by atoms with van der Waals surface area (Å²) in [5.74, 6) is -0.327. The maximum absolute atomic E-state index is 12.2. The number of likely N-dealkylation sites (tertiary alicyclic amines) is 1. The second-order valence-electron chi connectivity index (χ2n) is 5.85. The minimum absolute atomic E-state index is 0.00955. The highest BCUT2D eigenvalue weighted by molar-refractivity contribution is 6.30. The molecule has 1 aliphatic heterocycles. The number of carbonyl (C=O) groups is 2. The monoisotopic (exact) mass is 340 g/mol. The Labute approximate surface area is 140 Å². The number of rotatable bonds is 4. The summed E-state index contributed by atoms with van der Waals surface area (Å²) >= 11 is 5.82. The molecule has 2 heterocycles. The maximum Gasteiger partial charge on any atom is 0.253 e. The first-order valence-electron chi connectivity index (χ1n) is 7.39. The number of pyridine rings is 1. The number of hydrogen-bond donors (Lipinski definition) is 2. The van der Waals surface area contributed by atoms with Gasteiger partial charge in [0, 0.05) is 39.6 Å². The topological polar surface area (TPSA) is 85.8 Å². The molecule has 2 rings (SSSR count). The minimum Gasteiger partial charge on any atom is -0.390 e. The molecule has 1 aliphatic rings. The molecule has 1 saturated heterocycles. The van der Waals surface area contributed by atoms with E-state index in [2.05, 4.69) is 10.3 Å². The molecule has 23 heavy (non-hydrogen) atoms. The molecule has 2 atom stereocenters. The van der Waals surface area contributed by atoms with Crippen molar-refractivity contribution in [2.75, 3.05) is 33.7 Å². The smallest absolute Gasteiger partial charge is 0.253 e. The highest BCUT2D eigenvalue weighted by atomic mass is 35.5. The lowest BCUT2D eigenvalue weighted by Crippen LogP contribution is -2.55. The highest BCUT2D eigenvalue weighted by Crippen LogP contribution is 2.13. The van der Waals surface area contributed by atoms with E-state index in [0.29, 0.717) is 30.1 Å². The third-order valence-electron chi connectivity index (χ3n) is 3.81. The van der Waals surface area contributed by atoms with Crippen molar-refractivity contribution in [1.29, 1.82) is 0 Å². The van der Waals surface area contributed by atoms with Crippen molar-refractivity contribution in [2.45, 2.75) is 18.6 Å². The van der Waals surface area contributed by atoms with E-state index in [9.17, 15) is 14.7 Å². The van der Waals surface area contributed by atoms with Crippen LogP contribution in [0.2, 0.25) is 5.02 Å². The molecular formula is C15H21ClN4O3. The Kier molecular flexibility index (Phi) is 5.92. The lowest BCUT2D eigenvalue weighted by Gasteiger charge is -2.36. The van der Waals surface area contributed by atoms with Gasteiger partial charge in [0.2, 0.25) is 5.91 Å². The van der Waals surface area contributed by atoms with Crippen LogP contribution in [0.25, 0.3) is 0 Å². The van der Waals surface area contributed by atoms with Crippen LogP contribution in [-0.2, 0) is 4.79 Å². The normalized spacial score (nSPS) is 21.7. The number of carbonyl (C=O) groups excluding carboxylic acids is 2. The Morgan fingerprint density at radius 3 is 2.83 bits per heavy atom. The second-order valence-corrected chi connectivity index (χ2v) is 6.29. The third kappa shape index (κ3) is 4.89. The van der Waals surface area contributed by atoms with Crippen LogP contribution in [0.4, 0.5) is 0 Å². The number of piperidine rings is 1. The molecule has 1 fully saturated rings. The van der Waals surface area contributed by atoms with Crippen LogP contribution in [0.1, 0.15) is 16.8 Å². The Hall–Kier alpha value is -1.70. The van der Waals surface area contributed by atoms with E-state index < -0.39 is 6.10 Å². The molecule has 0 saturated carbocycles. The zero-order chi connectivity index (χ0) is 17.0. The number of β-amino-alcohol motifs (C(OH)–C–C–N with tert-alkyl or cyclic N) is 1. The van der Waals surface area contributed by atoms with Crippen LogP contribution in [0.5, 0.6) is 0 Å². The van der Waals surface area contributed by atoms with Gasteiger partial charge in [-0.3, -0.25) is 19.5 Å². The van der Waals surface area contributed by atoms with Crippen LogP contribution >= 0.6 is 11.6 Å². The predicted octanol–water partition coefficient (Wildman–Crippen LogP) is -0.0118. The van der Waals surface area contributed by atoms with Crippen LogP contribution in [0.15, 0.2) is 18.5 Å². The van der Waals surface area contributed by atoms with E-state index in [-0.39, 0.29) is 24.4 Å². The number of nitrogens with one attached hydrogen (secondary N) is 1. The molecule has 1 aromatic heterocycles. The zero-order valence-corrected chi connectivity index (χ0v) is 14.0. The van der Waals surface area contributed by atoms with E-state index in [1.165, 1.54) is 23.4 Å². The van der Waals surface area contributed by atoms with Gasteiger partial charge in [-0.1, -0.05) is 11.6 Å². The molecule has 0 spiro atoms. The van der Waals surface area contributed by atoms with E-state index in [4.69, 9.17) is 11.6 Å². The van der Waals surface area contributed by atoms with Crippen molar-refractivity contribution >= 4 is 23.4 Å². The average molecular weight is 341 g/mol. The second kappa shape index (κ2) is 7.72. The highest BCUT2D eigenvalue weighted by Gasteiger charge is 2.30. The third-order valence-corrected chi connectivity index (χ3v) is 4.01. The Morgan fingerprint density at radius 1 is 1.48 bits per heavy atom. The summed E-state index contributed by atoms with van der Waals surface area (Å²) in [6.45, 7) is 1.25. The van der Waals surface area contributed by atoms with Gasteiger partial charge in [0.05, 0.1) is 29.3 Å². The lowest BCUT2D eigenvalue weighted by atomic mass is 10.0. The van der Waals surface area contributed by atoms with Crippen LogP contribution in [-0.4, -0.2) is 77.6 Å². The summed E-state index contributed by atoms with van der Waals surface area (Å²) in [4.78, 5) is 31.2. The number of likely N-dealkylation sites (N-methyl/N-ethyl adjacent to an activating group) is 1. The van der Waals surface area contributed by atoms with Gasteiger partial charge in [-0.05, 0) is 12.5 Å². The van der Waals surface area contributed by atoms with Gasteiger partial charge < -0.3 is 15.3 Å². The van der Waals surface area contributed by atoms with Crippen molar-refractivity contribution in [2.24, 2.45) is 0 Å².